The predicted molar refractivity (Wildman–Crippen MR) is 81.6 cm³/mol. The number of pyridine rings is 1. The van der Waals surface area contributed by atoms with Gasteiger partial charge in [0.05, 0.1) is 19.1 Å². The molecule has 3 N–H and O–H groups in total. The van der Waals surface area contributed by atoms with Gasteiger partial charge in [-0.15, -0.1) is 0 Å². The summed E-state index contributed by atoms with van der Waals surface area (Å²) in [5.74, 6) is 1.78. The summed E-state index contributed by atoms with van der Waals surface area (Å²) in [6.45, 7) is 1.58. The van der Waals surface area contributed by atoms with Gasteiger partial charge in [-0.3, -0.25) is 4.98 Å². The van der Waals surface area contributed by atoms with Gasteiger partial charge in [0.1, 0.15) is 17.4 Å². The monoisotopic (exact) mass is 297 g/mol. The van der Waals surface area contributed by atoms with Gasteiger partial charge < -0.3 is 20.4 Å². The van der Waals surface area contributed by atoms with Crippen molar-refractivity contribution in [2.45, 2.75) is 12.5 Å². The van der Waals surface area contributed by atoms with Gasteiger partial charge in [-0.1, -0.05) is 0 Å². The van der Waals surface area contributed by atoms with E-state index in [0.717, 1.165) is 36.6 Å². The Hall–Kier alpha value is -2.90. The Morgan fingerprint density at radius 1 is 1.36 bits per heavy atom. The third-order valence-electron chi connectivity index (χ3n) is 3.67. The Labute approximate surface area is 126 Å². The predicted octanol–water partition coefficient (Wildman–Crippen LogP) is 0.988. The average molecular weight is 297 g/mol. The van der Waals surface area contributed by atoms with Crippen LogP contribution in [-0.4, -0.2) is 44.1 Å². The molecular formula is C14H15N7O. The number of imidazole rings is 1. The van der Waals surface area contributed by atoms with E-state index in [1.165, 1.54) is 0 Å². The molecular weight excluding hydrogens is 282 g/mol. The Balaban J connectivity index is 1.56. The number of hydrogen-bond acceptors (Lipinski definition) is 7. The lowest BCUT2D eigenvalue weighted by molar-refractivity contribution is 0.224. The zero-order valence-electron chi connectivity index (χ0n) is 11.8. The first-order valence-corrected chi connectivity index (χ1v) is 7.08. The highest BCUT2D eigenvalue weighted by atomic mass is 16.5. The van der Waals surface area contributed by atoms with E-state index in [0.29, 0.717) is 5.65 Å². The molecule has 4 rings (SSSR count). The Morgan fingerprint density at radius 3 is 3.18 bits per heavy atom. The van der Waals surface area contributed by atoms with Crippen LogP contribution in [0.4, 0.5) is 11.8 Å². The van der Waals surface area contributed by atoms with E-state index in [9.17, 15) is 0 Å². The maximum atomic E-state index is 5.95. The maximum absolute atomic E-state index is 5.95. The lowest BCUT2D eigenvalue weighted by Gasteiger charge is -2.18. The number of rotatable bonds is 3. The lowest BCUT2D eigenvalue weighted by Crippen LogP contribution is -2.26. The van der Waals surface area contributed by atoms with E-state index in [4.69, 9.17) is 10.5 Å². The van der Waals surface area contributed by atoms with Crippen molar-refractivity contribution in [2.75, 3.05) is 23.7 Å². The Morgan fingerprint density at radius 2 is 2.32 bits per heavy atom. The van der Waals surface area contributed by atoms with Crippen molar-refractivity contribution >= 4 is 22.9 Å². The van der Waals surface area contributed by atoms with Gasteiger partial charge >= 0.3 is 0 Å². The van der Waals surface area contributed by atoms with E-state index in [-0.39, 0.29) is 12.1 Å². The quantitative estimate of drug-likeness (QED) is 0.742. The third-order valence-corrected chi connectivity index (χ3v) is 3.67. The van der Waals surface area contributed by atoms with Crippen LogP contribution in [0.15, 0.2) is 30.9 Å². The van der Waals surface area contributed by atoms with Crippen LogP contribution in [0.25, 0.3) is 11.2 Å². The summed E-state index contributed by atoms with van der Waals surface area (Å²) in [7, 11) is 0. The average Bonchev–Trinajstić information content (AvgIpc) is 3.16. The summed E-state index contributed by atoms with van der Waals surface area (Å²) in [4.78, 5) is 21.9. The van der Waals surface area contributed by atoms with E-state index < -0.39 is 0 Å². The molecule has 0 aromatic carbocycles. The zero-order valence-corrected chi connectivity index (χ0v) is 11.8. The molecule has 1 atom stereocenters. The molecule has 0 radical (unpaired) electrons. The summed E-state index contributed by atoms with van der Waals surface area (Å²) >= 11 is 0. The summed E-state index contributed by atoms with van der Waals surface area (Å²) in [5.41, 5.74) is 7.15. The molecule has 0 spiro atoms. The second-order valence-corrected chi connectivity index (χ2v) is 5.17. The van der Waals surface area contributed by atoms with Crippen LogP contribution >= 0.6 is 0 Å². The van der Waals surface area contributed by atoms with Gasteiger partial charge in [0.2, 0.25) is 5.95 Å². The highest BCUT2D eigenvalue weighted by Gasteiger charge is 2.27. The van der Waals surface area contributed by atoms with Crippen molar-refractivity contribution in [3.63, 3.8) is 0 Å². The van der Waals surface area contributed by atoms with Crippen LogP contribution in [0.3, 0.4) is 0 Å². The van der Waals surface area contributed by atoms with Crippen LogP contribution < -0.4 is 15.4 Å². The standard InChI is InChI=1S/C14H15N7O/c15-14-19-12-11(17-8-18-12)13(20-14)21-5-3-10(7-21)22-9-2-1-4-16-6-9/h1-2,4,6,8,10H,3,5,7H2,(H3,15,17,18,19,20). The van der Waals surface area contributed by atoms with Gasteiger partial charge in [-0.05, 0) is 12.1 Å². The number of anilines is 2. The topological polar surface area (TPSA) is 106 Å². The number of aromatic amines is 1. The highest BCUT2D eigenvalue weighted by molar-refractivity contribution is 5.84. The van der Waals surface area contributed by atoms with Crippen LogP contribution in [0, 0.1) is 0 Å². The fourth-order valence-electron chi connectivity index (χ4n) is 2.69. The van der Waals surface area contributed by atoms with Crippen LogP contribution in [0.5, 0.6) is 5.75 Å². The maximum Gasteiger partial charge on any atom is 0.224 e. The van der Waals surface area contributed by atoms with Gasteiger partial charge in [0.25, 0.3) is 0 Å². The molecule has 0 saturated carbocycles. The molecule has 0 bridgehead atoms. The first kappa shape index (κ1) is 12.8. The molecule has 1 unspecified atom stereocenters. The number of nitrogens with one attached hydrogen (secondary N) is 1. The van der Waals surface area contributed by atoms with Crippen molar-refractivity contribution in [3.05, 3.63) is 30.9 Å². The van der Waals surface area contributed by atoms with Crippen LogP contribution in [-0.2, 0) is 0 Å². The molecule has 1 aliphatic rings. The molecule has 3 aromatic heterocycles. The number of nitrogens with two attached hydrogens (primary N) is 1. The largest absolute Gasteiger partial charge is 0.487 e. The van der Waals surface area contributed by atoms with Crippen molar-refractivity contribution in [1.82, 2.24) is 24.9 Å². The molecule has 3 aromatic rings. The van der Waals surface area contributed by atoms with Crippen LogP contribution in [0.1, 0.15) is 6.42 Å². The summed E-state index contributed by atoms with van der Waals surface area (Å²) in [6.07, 6.45) is 6.06. The summed E-state index contributed by atoms with van der Waals surface area (Å²) in [5, 5.41) is 0. The highest BCUT2D eigenvalue weighted by Crippen LogP contribution is 2.26. The number of fused-ring (bicyclic) bond motifs is 1. The van der Waals surface area contributed by atoms with Crippen molar-refractivity contribution < 1.29 is 4.74 Å². The Kier molecular flexibility index (Phi) is 2.99. The minimum Gasteiger partial charge on any atom is -0.487 e. The van der Waals surface area contributed by atoms with E-state index >= 15 is 0 Å². The molecule has 112 valence electrons. The zero-order chi connectivity index (χ0) is 14.9. The number of nitrogen functional groups attached to an aromatic ring is 1. The normalized spacial score (nSPS) is 18.0. The molecule has 8 nitrogen and oxygen atoms in total. The Bertz CT molecular complexity index is 788. The third kappa shape index (κ3) is 2.28. The minimum absolute atomic E-state index is 0.0957. The molecule has 0 amide bonds. The first-order valence-electron chi connectivity index (χ1n) is 7.08. The second-order valence-electron chi connectivity index (χ2n) is 5.17. The van der Waals surface area contributed by atoms with Gasteiger partial charge in [0, 0.05) is 19.2 Å². The van der Waals surface area contributed by atoms with Gasteiger partial charge in [-0.2, -0.15) is 9.97 Å². The molecule has 8 heteroatoms. The van der Waals surface area contributed by atoms with Crippen molar-refractivity contribution in [3.8, 4) is 5.75 Å². The van der Waals surface area contributed by atoms with Gasteiger partial charge in [0.15, 0.2) is 11.5 Å². The molecule has 1 saturated heterocycles. The van der Waals surface area contributed by atoms with E-state index in [1.54, 1.807) is 18.7 Å². The fraction of sp³-hybridized carbons (Fsp3) is 0.286. The lowest BCUT2D eigenvalue weighted by atomic mass is 10.3. The number of hydrogen-bond donors (Lipinski definition) is 2. The smallest absolute Gasteiger partial charge is 0.224 e. The number of nitrogens with zero attached hydrogens (tertiary/aromatic N) is 5. The van der Waals surface area contributed by atoms with Crippen molar-refractivity contribution in [2.24, 2.45) is 0 Å². The first-order chi connectivity index (χ1) is 10.8. The summed E-state index contributed by atoms with van der Waals surface area (Å²) < 4.78 is 5.95. The second kappa shape index (κ2) is 5.14. The number of aromatic nitrogens is 5. The molecule has 1 aliphatic heterocycles. The van der Waals surface area contributed by atoms with E-state index in [1.807, 2.05) is 12.1 Å². The summed E-state index contributed by atoms with van der Waals surface area (Å²) in [6, 6.07) is 3.77. The minimum atomic E-state index is 0.0957. The molecule has 1 fully saturated rings. The van der Waals surface area contributed by atoms with Crippen molar-refractivity contribution in [1.29, 1.82) is 0 Å². The molecule has 4 heterocycles. The molecule has 22 heavy (non-hydrogen) atoms. The molecule has 0 aliphatic carbocycles. The fourth-order valence-corrected chi connectivity index (χ4v) is 2.69. The number of ether oxygens (including phenoxy) is 1. The SMILES string of the molecule is Nc1nc(N2CCC(Oc3cccnc3)C2)c2[nH]cnc2n1. The number of H-pyrrole nitrogens is 1. The van der Waals surface area contributed by atoms with Gasteiger partial charge in [-0.25, -0.2) is 4.98 Å². The van der Waals surface area contributed by atoms with E-state index in [2.05, 4.69) is 29.8 Å². The van der Waals surface area contributed by atoms with Crippen LogP contribution in [0.2, 0.25) is 0 Å².